The molecule has 8 nitrogen and oxygen atoms in total. The molecule has 3 aromatic rings. The fourth-order valence-electron chi connectivity index (χ4n) is 4.63. The smallest absolute Gasteiger partial charge is 0.257 e. The largest absolute Gasteiger partial charge is 0.338 e. The molecule has 0 unspecified atom stereocenters. The van der Waals surface area contributed by atoms with Crippen LogP contribution in [0.25, 0.3) is 11.3 Å². The minimum absolute atomic E-state index is 0.0431. The number of likely N-dealkylation sites (tertiary alicyclic amines) is 1. The van der Waals surface area contributed by atoms with Crippen molar-refractivity contribution >= 4 is 5.91 Å². The molecule has 152 valence electrons. The van der Waals surface area contributed by atoms with Crippen LogP contribution in [0.3, 0.4) is 0 Å². The predicted octanol–water partition coefficient (Wildman–Crippen LogP) is 2.85. The first kappa shape index (κ1) is 18.1. The Morgan fingerprint density at radius 2 is 2.03 bits per heavy atom. The monoisotopic (exact) mass is 393 g/mol. The van der Waals surface area contributed by atoms with E-state index < -0.39 is 0 Å². The molecule has 1 amide bonds. The van der Waals surface area contributed by atoms with Crippen LogP contribution in [0.1, 0.15) is 60.4 Å². The third-order valence-electron chi connectivity index (χ3n) is 6.30. The second kappa shape index (κ2) is 7.50. The number of aromatic nitrogens is 6. The highest BCUT2D eigenvalue weighted by Gasteiger charge is 2.30. The molecule has 0 aromatic carbocycles. The Balaban J connectivity index is 1.29. The number of amides is 1. The second-order valence-electron chi connectivity index (χ2n) is 8.03. The maximum Gasteiger partial charge on any atom is 0.257 e. The number of nitrogens with one attached hydrogen (secondary N) is 1. The standard InChI is InChI=1S/C21H27N7O/c1-2-27-14-16(11-24-27)19-18(13-23-25-19)21(29)26-9-6-15(7-10-26)20-22-12-17-5-3-4-8-28(17)20/h11-15H,2-10H2,1H3,(H,23,25). The summed E-state index contributed by atoms with van der Waals surface area (Å²) in [5.74, 6) is 1.71. The summed E-state index contributed by atoms with van der Waals surface area (Å²) in [7, 11) is 0. The van der Waals surface area contributed by atoms with E-state index in [2.05, 4.69) is 26.1 Å². The van der Waals surface area contributed by atoms with Crippen molar-refractivity contribution in [3.63, 3.8) is 0 Å². The van der Waals surface area contributed by atoms with Gasteiger partial charge in [0.1, 0.15) is 5.82 Å². The highest BCUT2D eigenvalue weighted by molar-refractivity contribution is 5.99. The molecule has 1 N–H and O–H groups in total. The Morgan fingerprint density at radius 1 is 1.17 bits per heavy atom. The minimum atomic E-state index is 0.0431. The number of piperidine rings is 1. The van der Waals surface area contributed by atoms with Crippen molar-refractivity contribution in [1.29, 1.82) is 0 Å². The molecule has 0 radical (unpaired) electrons. The average molecular weight is 393 g/mol. The van der Waals surface area contributed by atoms with Crippen LogP contribution in [0.4, 0.5) is 0 Å². The molecule has 0 saturated carbocycles. The van der Waals surface area contributed by atoms with E-state index >= 15 is 0 Å². The molecular weight excluding hydrogens is 366 g/mol. The van der Waals surface area contributed by atoms with Crippen molar-refractivity contribution in [1.82, 2.24) is 34.4 Å². The van der Waals surface area contributed by atoms with Gasteiger partial charge in [0.15, 0.2) is 0 Å². The maximum absolute atomic E-state index is 13.2. The molecule has 0 bridgehead atoms. The Bertz CT molecular complexity index is 1010. The lowest BCUT2D eigenvalue weighted by molar-refractivity contribution is 0.0711. The van der Waals surface area contributed by atoms with Gasteiger partial charge in [-0.2, -0.15) is 10.2 Å². The normalized spacial score (nSPS) is 17.5. The Labute approximate surface area is 169 Å². The lowest BCUT2D eigenvalue weighted by Gasteiger charge is -2.32. The number of hydrogen-bond acceptors (Lipinski definition) is 4. The van der Waals surface area contributed by atoms with Gasteiger partial charge in [-0.25, -0.2) is 4.98 Å². The fraction of sp³-hybridized carbons (Fsp3) is 0.524. The summed E-state index contributed by atoms with van der Waals surface area (Å²) in [6.07, 6.45) is 13.0. The van der Waals surface area contributed by atoms with Gasteiger partial charge in [0.05, 0.1) is 23.7 Å². The number of imidazole rings is 1. The van der Waals surface area contributed by atoms with Crippen LogP contribution in [-0.2, 0) is 19.5 Å². The van der Waals surface area contributed by atoms with Crippen LogP contribution in [-0.4, -0.2) is 53.4 Å². The van der Waals surface area contributed by atoms with Crippen molar-refractivity contribution in [3.05, 3.63) is 41.9 Å². The average Bonchev–Trinajstić information content (AvgIpc) is 3.52. The summed E-state index contributed by atoms with van der Waals surface area (Å²) >= 11 is 0. The van der Waals surface area contributed by atoms with Gasteiger partial charge in [-0.05, 0) is 39.0 Å². The molecule has 2 aliphatic heterocycles. The zero-order valence-electron chi connectivity index (χ0n) is 16.8. The van der Waals surface area contributed by atoms with Gasteiger partial charge < -0.3 is 9.47 Å². The molecule has 1 saturated heterocycles. The first-order valence-corrected chi connectivity index (χ1v) is 10.6. The minimum Gasteiger partial charge on any atom is -0.338 e. The number of carbonyl (C=O) groups excluding carboxylic acids is 1. The quantitative estimate of drug-likeness (QED) is 0.739. The van der Waals surface area contributed by atoms with Crippen molar-refractivity contribution in [2.45, 2.75) is 58.0 Å². The van der Waals surface area contributed by atoms with Gasteiger partial charge in [0, 0.05) is 55.7 Å². The third-order valence-corrected chi connectivity index (χ3v) is 6.30. The van der Waals surface area contributed by atoms with E-state index in [1.165, 1.54) is 24.4 Å². The van der Waals surface area contributed by atoms with E-state index in [-0.39, 0.29) is 5.91 Å². The highest BCUT2D eigenvalue weighted by atomic mass is 16.2. The molecular formula is C21H27N7O. The van der Waals surface area contributed by atoms with E-state index in [9.17, 15) is 4.79 Å². The molecule has 5 heterocycles. The molecule has 0 aliphatic carbocycles. The topological polar surface area (TPSA) is 84.6 Å². The summed E-state index contributed by atoms with van der Waals surface area (Å²) in [5.41, 5.74) is 3.64. The summed E-state index contributed by atoms with van der Waals surface area (Å²) in [6.45, 7) is 5.43. The number of fused-ring (bicyclic) bond motifs is 1. The van der Waals surface area contributed by atoms with Crippen LogP contribution in [0, 0.1) is 0 Å². The zero-order valence-corrected chi connectivity index (χ0v) is 16.8. The molecule has 0 atom stereocenters. The summed E-state index contributed by atoms with van der Waals surface area (Å²) < 4.78 is 4.27. The number of nitrogens with zero attached hydrogens (tertiary/aromatic N) is 6. The van der Waals surface area contributed by atoms with Crippen LogP contribution in [0.15, 0.2) is 24.8 Å². The maximum atomic E-state index is 13.2. The number of rotatable bonds is 4. The Kier molecular flexibility index (Phi) is 4.69. The van der Waals surface area contributed by atoms with Gasteiger partial charge in [0.25, 0.3) is 5.91 Å². The van der Waals surface area contributed by atoms with Crippen molar-refractivity contribution < 1.29 is 4.79 Å². The number of aromatic amines is 1. The number of carbonyl (C=O) groups is 1. The van der Waals surface area contributed by atoms with Crippen molar-refractivity contribution in [2.24, 2.45) is 0 Å². The third kappa shape index (κ3) is 3.26. The first-order chi connectivity index (χ1) is 14.2. The molecule has 8 heteroatoms. The Hall–Kier alpha value is -2.90. The lowest BCUT2D eigenvalue weighted by atomic mass is 9.95. The van der Waals surface area contributed by atoms with Gasteiger partial charge in [-0.3, -0.25) is 14.6 Å². The molecule has 0 spiro atoms. The zero-order chi connectivity index (χ0) is 19.8. The van der Waals surface area contributed by atoms with Crippen LogP contribution in [0.5, 0.6) is 0 Å². The van der Waals surface area contributed by atoms with Crippen LogP contribution in [0.2, 0.25) is 0 Å². The van der Waals surface area contributed by atoms with E-state index in [0.29, 0.717) is 11.5 Å². The number of hydrogen-bond donors (Lipinski definition) is 1. The van der Waals surface area contributed by atoms with Gasteiger partial charge in [0.2, 0.25) is 0 Å². The lowest BCUT2D eigenvalue weighted by Crippen LogP contribution is -2.38. The molecule has 5 rings (SSSR count). The van der Waals surface area contributed by atoms with Gasteiger partial charge >= 0.3 is 0 Å². The molecule has 3 aromatic heterocycles. The summed E-state index contributed by atoms with van der Waals surface area (Å²) in [6, 6.07) is 0. The van der Waals surface area contributed by atoms with E-state index in [1.54, 1.807) is 12.4 Å². The van der Waals surface area contributed by atoms with Gasteiger partial charge in [-0.1, -0.05) is 0 Å². The van der Waals surface area contributed by atoms with Crippen molar-refractivity contribution in [3.8, 4) is 11.3 Å². The van der Waals surface area contributed by atoms with E-state index in [4.69, 9.17) is 4.98 Å². The number of H-pyrrole nitrogens is 1. The van der Waals surface area contributed by atoms with Crippen molar-refractivity contribution in [2.75, 3.05) is 13.1 Å². The summed E-state index contributed by atoms with van der Waals surface area (Å²) in [5, 5.41) is 11.4. The molecule has 2 aliphatic rings. The second-order valence-corrected chi connectivity index (χ2v) is 8.03. The Morgan fingerprint density at radius 3 is 2.83 bits per heavy atom. The summed E-state index contributed by atoms with van der Waals surface area (Å²) in [4.78, 5) is 19.9. The molecule has 29 heavy (non-hydrogen) atoms. The van der Waals surface area contributed by atoms with Crippen LogP contribution < -0.4 is 0 Å². The van der Waals surface area contributed by atoms with Crippen LogP contribution >= 0.6 is 0 Å². The van der Waals surface area contributed by atoms with E-state index in [0.717, 1.165) is 56.7 Å². The first-order valence-electron chi connectivity index (χ1n) is 10.6. The highest BCUT2D eigenvalue weighted by Crippen LogP contribution is 2.31. The predicted molar refractivity (Wildman–Crippen MR) is 109 cm³/mol. The number of aryl methyl sites for hydroxylation is 2. The molecule has 1 fully saturated rings. The SMILES string of the molecule is CCn1cc(-c2[nH]ncc2C(=O)N2CCC(c3ncc4n3CCCC4)CC2)cn1. The van der Waals surface area contributed by atoms with Gasteiger partial charge in [-0.15, -0.1) is 0 Å². The van der Waals surface area contributed by atoms with E-state index in [1.807, 2.05) is 22.7 Å². The fourth-order valence-corrected chi connectivity index (χ4v) is 4.63.